The van der Waals surface area contributed by atoms with Crippen LogP contribution in [0.1, 0.15) is 22.3 Å². The molecule has 0 spiro atoms. The van der Waals surface area contributed by atoms with E-state index in [1.54, 1.807) is 0 Å². The first-order valence-corrected chi connectivity index (χ1v) is 18.1. The summed E-state index contributed by atoms with van der Waals surface area (Å²) in [6, 6.07) is 74.0. The molecule has 0 aromatic heterocycles. The van der Waals surface area contributed by atoms with Crippen LogP contribution in [0.15, 0.2) is 200 Å². The summed E-state index contributed by atoms with van der Waals surface area (Å²) in [6.07, 6.45) is 0. The predicted molar refractivity (Wildman–Crippen MR) is 218 cm³/mol. The number of hydrogen-bond acceptors (Lipinski definition) is 1. The number of rotatable bonds is 5. The van der Waals surface area contributed by atoms with E-state index in [1.165, 1.54) is 77.2 Å². The Morgan fingerprint density at radius 1 is 0.365 bits per heavy atom. The zero-order valence-electron chi connectivity index (χ0n) is 28.5. The number of anilines is 3. The predicted octanol–water partition coefficient (Wildman–Crippen LogP) is 13.5. The zero-order valence-corrected chi connectivity index (χ0v) is 28.5. The number of para-hydroxylation sites is 1. The first-order valence-electron chi connectivity index (χ1n) is 18.1. The molecule has 1 unspecified atom stereocenters. The van der Waals surface area contributed by atoms with Gasteiger partial charge in [-0.15, -0.1) is 0 Å². The highest BCUT2D eigenvalue weighted by Gasteiger charge is 2.50. The molecular formula is C51H33N. The summed E-state index contributed by atoms with van der Waals surface area (Å²) in [5.74, 6) is 0. The summed E-state index contributed by atoms with van der Waals surface area (Å²) < 4.78 is 0. The molecule has 2 aliphatic rings. The summed E-state index contributed by atoms with van der Waals surface area (Å²) in [7, 11) is 0. The molecule has 242 valence electrons. The van der Waals surface area contributed by atoms with Crippen LogP contribution in [0.5, 0.6) is 0 Å². The summed E-state index contributed by atoms with van der Waals surface area (Å²) in [4.78, 5) is 2.46. The van der Waals surface area contributed by atoms with Crippen molar-refractivity contribution in [2.75, 3.05) is 4.90 Å². The molecule has 9 aromatic carbocycles. The second kappa shape index (κ2) is 11.2. The summed E-state index contributed by atoms with van der Waals surface area (Å²) in [5.41, 5.74) is 16.0. The third kappa shape index (κ3) is 3.94. The minimum atomic E-state index is -0.478. The zero-order chi connectivity index (χ0) is 34.2. The lowest BCUT2D eigenvalue weighted by atomic mass is 9.62. The third-order valence-electron chi connectivity index (χ3n) is 11.4. The van der Waals surface area contributed by atoms with Crippen molar-refractivity contribution < 1.29 is 0 Å². The van der Waals surface area contributed by atoms with E-state index in [0.29, 0.717) is 0 Å². The van der Waals surface area contributed by atoms with Crippen LogP contribution in [0.25, 0.3) is 54.9 Å². The lowest BCUT2D eigenvalue weighted by molar-refractivity contribution is 0.773. The Kier molecular flexibility index (Phi) is 6.23. The van der Waals surface area contributed by atoms with Crippen LogP contribution in [-0.4, -0.2) is 0 Å². The molecule has 11 rings (SSSR count). The van der Waals surface area contributed by atoms with Crippen molar-refractivity contribution >= 4 is 38.6 Å². The van der Waals surface area contributed by atoms with E-state index in [9.17, 15) is 0 Å². The van der Waals surface area contributed by atoms with Gasteiger partial charge in [-0.3, -0.25) is 0 Å². The van der Waals surface area contributed by atoms with Crippen LogP contribution in [-0.2, 0) is 5.41 Å². The number of fused-ring (bicyclic) bond motifs is 7. The van der Waals surface area contributed by atoms with Crippen molar-refractivity contribution in [1.29, 1.82) is 0 Å². The maximum Gasteiger partial charge on any atom is 0.0726 e. The number of nitrogens with zero attached hydrogens (tertiary/aromatic N) is 1. The number of benzene rings is 9. The van der Waals surface area contributed by atoms with Crippen molar-refractivity contribution in [1.82, 2.24) is 0 Å². The monoisotopic (exact) mass is 659 g/mol. The second-order valence-electron chi connectivity index (χ2n) is 14.0. The molecule has 52 heavy (non-hydrogen) atoms. The molecule has 0 amide bonds. The van der Waals surface area contributed by atoms with E-state index in [-0.39, 0.29) is 0 Å². The molecule has 0 radical (unpaired) electrons. The average molecular weight is 660 g/mol. The van der Waals surface area contributed by atoms with E-state index in [1.807, 2.05) is 0 Å². The van der Waals surface area contributed by atoms with E-state index in [2.05, 4.69) is 205 Å². The Balaban J connectivity index is 1.23. The molecule has 0 N–H and O–H groups in total. The summed E-state index contributed by atoms with van der Waals surface area (Å²) >= 11 is 0. The average Bonchev–Trinajstić information content (AvgIpc) is 3.53. The summed E-state index contributed by atoms with van der Waals surface area (Å²) in [5, 5.41) is 5.10. The maximum atomic E-state index is 2.49. The van der Waals surface area contributed by atoms with Gasteiger partial charge in [0.05, 0.1) is 11.1 Å². The van der Waals surface area contributed by atoms with Crippen LogP contribution in [0.4, 0.5) is 17.1 Å². The van der Waals surface area contributed by atoms with Crippen LogP contribution in [0.2, 0.25) is 0 Å². The third-order valence-corrected chi connectivity index (χ3v) is 11.4. The van der Waals surface area contributed by atoms with Gasteiger partial charge in [0, 0.05) is 16.8 Å². The van der Waals surface area contributed by atoms with Crippen molar-refractivity contribution in [2.45, 2.75) is 5.41 Å². The van der Waals surface area contributed by atoms with E-state index >= 15 is 0 Å². The minimum absolute atomic E-state index is 0.478. The first kappa shape index (κ1) is 29.1. The molecule has 0 fully saturated rings. The van der Waals surface area contributed by atoms with Gasteiger partial charge in [0.25, 0.3) is 0 Å². The molecule has 0 saturated carbocycles. The standard InChI is InChI=1S/C51H33N/c1-4-15-34(16-5-1)39-31-32-48(43-24-11-10-22-40(39)43)52(37-20-8-3-9-21-37)38-28-30-42-45-29-27-35-17-14-25-44-41-23-12-13-26-46(41)51(47(42)33-38,50(45)49(35)44)36-18-6-2-7-19-36/h1-33H. The Morgan fingerprint density at radius 3 is 1.83 bits per heavy atom. The molecular weight excluding hydrogens is 627 g/mol. The quantitative estimate of drug-likeness (QED) is 0.178. The fourth-order valence-electron chi connectivity index (χ4n) is 9.39. The Morgan fingerprint density at radius 2 is 1.00 bits per heavy atom. The fourth-order valence-corrected chi connectivity index (χ4v) is 9.39. The van der Waals surface area contributed by atoms with Crippen molar-refractivity contribution in [3.63, 3.8) is 0 Å². The molecule has 1 heteroatoms. The minimum Gasteiger partial charge on any atom is -0.310 e. The molecule has 2 aliphatic carbocycles. The lowest BCUT2D eigenvalue weighted by Gasteiger charge is -2.40. The van der Waals surface area contributed by atoms with Gasteiger partial charge in [-0.2, -0.15) is 0 Å². The van der Waals surface area contributed by atoms with E-state index in [4.69, 9.17) is 0 Å². The van der Waals surface area contributed by atoms with Crippen LogP contribution >= 0.6 is 0 Å². The van der Waals surface area contributed by atoms with Gasteiger partial charge in [0.1, 0.15) is 0 Å². The van der Waals surface area contributed by atoms with Gasteiger partial charge >= 0.3 is 0 Å². The molecule has 0 heterocycles. The van der Waals surface area contributed by atoms with Gasteiger partial charge in [-0.05, 0) is 102 Å². The van der Waals surface area contributed by atoms with E-state index in [0.717, 1.165) is 17.1 Å². The van der Waals surface area contributed by atoms with Crippen molar-refractivity contribution in [3.05, 3.63) is 222 Å². The fraction of sp³-hybridized carbons (Fsp3) is 0.0196. The first-order chi connectivity index (χ1) is 25.8. The molecule has 1 nitrogen and oxygen atoms in total. The Bertz CT molecular complexity index is 2840. The smallest absolute Gasteiger partial charge is 0.0726 e. The SMILES string of the molecule is c1ccc(-c2ccc(N(c3ccccc3)c3ccc4c(c3)C3(c5ccccc5)c5ccccc5-c5cccc6ccc-4c3c56)c3ccccc23)cc1. The molecule has 0 bridgehead atoms. The maximum absolute atomic E-state index is 2.49. The van der Waals surface area contributed by atoms with Crippen LogP contribution in [0, 0.1) is 0 Å². The topological polar surface area (TPSA) is 3.24 Å². The van der Waals surface area contributed by atoms with Gasteiger partial charge < -0.3 is 4.90 Å². The van der Waals surface area contributed by atoms with Gasteiger partial charge in [0.15, 0.2) is 0 Å². The second-order valence-corrected chi connectivity index (χ2v) is 14.0. The molecule has 0 saturated heterocycles. The van der Waals surface area contributed by atoms with E-state index < -0.39 is 5.41 Å². The van der Waals surface area contributed by atoms with Crippen molar-refractivity contribution in [2.24, 2.45) is 0 Å². The van der Waals surface area contributed by atoms with Gasteiger partial charge in [0.2, 0.25) is 0 Å². The Hall–Kier alpha value is -6.70. The highest BCUT2D eigenvalue weighted by molar-refractivity contribution is 6.11. The normalized spacial score (nSPS) is 15.0. The van der Waals surface area contributed by atoms with Crippen LogP contribution < -0.4 is 4.90 Å². The van der Waals surface area contributed by atoms with Crippen LogP contribution in [0.3, 0.4) is 0 Å². The molecule has 0 aliphatic heterocycles. The molecule has 9 aromatic rings. The van der Waals surface area contributed by atoms with Gasteiger partial charge in [-0.25, -0.2) is 0 Å². The largest absolute Gasteiger partial charge is 0.310 e. The lowest BCUT2D eigenvalue weighted by Crippen LogP contribution is -2.31. The summed E-state index contributed by atoms with van der Waals surface area (Å²) in [6.45, 7) is 0. The van der Waals surface area contributed by atoms with Crippen molar-refractivity contribution in [3.8, 4) is 33.4 Å². The molecule has 1 atom stereocenters. The highest BCUT2D eigenvalue weighted by Crippen LogP contribution is 2.63. The number of hydrogen-bond donors (Lipinski definition) is 0. The Labute approximate surface area is 303 Å². The highest BCUT2D eigenvalue weighted by atomic mass is 15.1. The van der Waals surface area contributed by atoms with Gasteiger partial charge in [-0.1, -0.05) is 170 Å².